The molecule has 0 aromatic heterocycles. The fraction of sp³-hybridized carbons (Fsp3) is 0.294. The number of ether oxygens (including phenoxy) is 1. The molecule has 1 N–H and O–H groups in total. The minimum Gasteiger partial charge on any atom is -0.490 e. The molecule has 2 rings (SSSR count). The molecule has 0 saturated carbocycles. The van der Waals surface area contributed by atoms with Gasteiger partial charge in [-0.15, -0.1) is 6.58 Å². The molecule has 122 valence electrons. The molecule has 1 atom stereocenters. The molecule has 0 bridgehead atoms. The van der Waals surface area contributed by atoms with Crippen LogP contribution in [0.5, 0.6) is 5.75 Å². The average molecular weight is 379 g/mol. The van der Waals surface area contributed by atoms with E-state index in [1.165, 1.54) is 6.08 Å². The van der Waals surface area contributed by atoms with E-state index in [1.54, 1.807) is 6.08 Å². The van der Waals surface area contributed by atoms with Crippen molar-refractivity contribution in [3.63, 3.8) is 0 Å². The van der Waals surface area contributed by atoms with Crippen LogP contribution in [0.3, 0.4) is 0 Å². The second-order valence-corrected chi connectivity index (χ2v) is 6.07. The minimum atomic E-state index is -0.433. The number of benzene rings is 1. The number of halogens is 1. The van der Waals surface area contributed by atoms with Crippen molar-refractivity contribution in [1.82, 2.24) is 10.2 Å². The molecule has 1 unspecified atom stereocenters. The first-order valence-electron chi connectivity index (χ1n) is 7.38. The van der Waals surface area contributed by atoms with Crippen molar-refractivity contribution in [3.05, 3.63) is 46.6 Å². The lowest BCUT2D eigenvalue weighted by Crippen LogP contribution is -2.30. The topological polar surface area (TPSA) is 58.6 Å². The van der Waals surface area contributed by atoms with Crippen LogP contribution in [0.4, 0.5) is 4.79 Å². The zero-order valence-electron chi connectivity index (χ0n) is 13.1. The Morgan fingerprint density at radius 3 is 2.78 bits per heavy atom. The summed E-state index contributed by atoms with van der Waals surface area (Å²) in [6.45, 7) is 7.79. The first kappa shape index (κ1) is 17.3. The summed E-state index contributed by atoms with van der Waals surface area (Å²) in [5.41, 5.74) is 1.04. The predicted octanol–water partition coefficient (Wildman–Crippen LogP) is 3.71. The number of imide groups is 1. The first-order chi connectivity index (χ1) is 11.0. The van der Waals surface area contributed by atoms with Gasteiger partial charge in [0, 0.05) is 6.54 Å². The van der Waals surface area contributed by atoms with E-state index in [4.69, 9.17) is 4.74 Å². The summed E-state index contributed by atoms with van der Waals surface area (Å²) in [5.74, 6) is 0.391. The van der Waals surface area contributed by atoms with Gasteiger partial charge in [0.2, 0.25) is 0 Å². The highest BCUT2D eigenvalue weighted by Crippen LogP contribution is 2.28. The van der Waals surface area contributed by atoms with Crippen LogP contribution in [-0.4, -0.2) is 29.5 Å². The second-order valence-electron chi connectivity index (χ2n) is 5.22. The minimum absolute atomic E-state index is 0.124. The van der Waals surface area contributed by atoms with Gasteiger partial charge in [-0.3, -0.25) is 9.69 Å². The van der Waals surface area contributed by atoms with Gasteiger partial charge in [0.05, 0.1) is 10.6 Å². The third-order valence-corrected chi connectivity index (χ3v) is 4.06. The molecule has 1 aliphatic rings. The standard InChI is InChI=1S/C17H19BrN2O3/c1-4-8-20-16(21)14(19-17(20)22)10-12-6-7-15(13(18)9-12)23-11(3)5-2/h4,6-7,9-11H,1,5,8H2,2-3H3,(H,19,22). The number of hydrogen-bond acceptors (Lipinski definition) is 3. The predicted molar refractivity (Wildman–Crippen MR) is 92.9 cm³/mol. The Labute approximate surface area is 144 Å². The number of nitrogens with zero attached hydrogens (tertiary/aromatic N) is 1. The number of hydrogen-bond donors (Lipinski definition) is 1. The van der Waals surface area contributed by atoms with Gasteiger partial charge in [-0.2, -0.15) is 0 Å². The lowest BCUT2D eigenvalue weighted by atomic mass is 10.2. The smallest absolute Gasteiger partial charge is 0.329 e. The molecule has 0 aliphatic carbocycles. The van der Waals surface area contributed by atoms with Crippen LogP contribution in [0.1, 0.15) is 25.8 Å². The van der Waals surface area contributed by atoms with Crippen molar-refractivity contribution >= 4 is 33.9 Å². The normalized spacial score (nSPS) is 17.3. The zero-order valence-corrected chi connectivity index (χ0v) is 14.7. The number of carbonyl (C=O) groups is 2. The molecule has 1 fully saturated rings. The Morgan fingerprint density at radius 1 is 1.43 bits per heavy atom. The van der Waals surface area contributed by atoms with Crippen molar-refractivity contribution < 1.29 is 14.3 Å². The van der Waals surface area contributed by atoms with Gasteiger partial charge < -0.3 is 10.1 Å². The summed E-state index contributed by atoms with van der Waals surface area (Å²) in [6.07, 6.45) is 4.19. The molecule has 1 aromatic rings. The molecule has 1 aliphatic heterocycles. The lowest BCUT2D eigenvalue weighted by molar-refractivity contribution is -0.122. The second kappa shape index (κ2) is 7.46. The van der Waals surface area contributed by atoms with E-state index in [1.807, 2.05) is 25.1 Å². The summed E-state index contributed by atoms with van der Waals surface area (Å²) in [4.78, 5) is 25.0. The molecule has 0 radical (unpaired) electrons. The molecule has 23 heavy (non-hydrogen) atoms. The van der Waals surface area contributed by atoms with E-state index in [9.17, 15) is 9.59 Å². The third-order valence-electron chi connectivity index (χ3n) is 3.44. The van der Waals surface area contributed by atoms with E-state index in [0.717, 1.165) is 27.1 Å². The molecular weight excluding hydrogens is 360 g/mol. The van der Waals surface area contributed by atoms with Crippen LogP contribution >= 0.6 is 15.9 Å². The summed E-state index contributed by atoms with van der Waals surface area (Å²) >= 11 is 3.47. The largest absolute Gasteiger partial charge is 0.490 e. The van der Waals surface area contributed by atoms with Gasteiger partial charge in [-0.25, -0.2) is 4.79 Å². The number of nitrogens with one attached hydrogen (secondary N) is 1. The van der Waals surface area contributed by atoms with E-state index >= 15 is 0 Å². The van der Waals surface area contributed by atoms with Gasteiger partial charge in [0.25, 0.3) is 5.91 Å². The van der Waals surface area contributed by atoms with E-state index in [-0.39, 0.29) is 24.3 Å². The van der Waals surface area contributed by atoms with Gasteiger partial charge >= 0.3 is 6.03 Å². The van der Waals surface area contributed by atoms with Crippen molar-refractivity contribution in [3.8, 4) is 5.75 Å². The monoisotopic (exact) mass is 378 g/mol. The quantitative estimate of drug-likeness (QED) is 0.466. The third kappa shape index (κ3) is 4.01. The molecule has 3 amide bonds. The maximum Gasteiger partial charge on any atom is 0.329 e. The molecule has 1 aromatic carbocycles. The van der Waals surface area contributed by atoms with Crippen LogP contribution in [0.2, 0.25) is 0 Å². The summed E-state index contributed by atoms with van der Waals surface area (Å²) in [6, 6.07) is 5.09. The number of rotatable bonds is 6. The fourth-order valence-corrected chi connectivity index (χ4v) is 2.53. The summed E-state index contributed by atoms with van der Waals surface area (Å²) in [7, 11) is 0. The lowest BCUT2D eigenvalue weighted by Gasteiger charge is -2.14. The molecule has 5 nitrogen and oxygen atoms in total. The molecule has 6 heteroatoms. The summed E-state index contributed by atoms with van der Waals surface area (Å²) in [5, 5.41) is 2.57. The van der Waals surface area contributed by atoms with Crippen LogP contribution in [0, 0.1) is 0 Å². The zero-order chi connectivity index (χ0) is 17.0. The van der Waals surface area contributed by atoms with Crippen molar-refractivity contribution in [2.45, 2.75) is 26.4 Å². The van der Waals surface area contributed by atoms with E-state index < -0.39 is 6.03 Å². The molecule has 0 spiro atoms. The highest BCUT2D eigenvalue weighted by Gasteiger charge is 2.32. The van der Waals surface area contributed by atoms with E-state index in [2.05, 4.69) is 34.7 Å². The maximum absolute atomic E-state index is 12.1. The van der Waals surface area contributed by atoms with Gasteiger partial charge in [0.1, 0.15) is 11.4 Å². The van der Waals surface area contributed by atoms with Crippen molar-refractivity contribution in [1.29, 1.82) is 0 Å². The average Bonchev–Trinajstić information content (AvgIpc) is 2.78. The molecule has 1 saturated heterocycles. The Hall–Kier alpha value is -2.08. The first-order valence-corrected chi connectivity index (χ1v) is 8.17. The molecule has 1 heterocycles. The van der Waals surface area contributed by atoms with Gasteiger partial charge in [-0.1, -0.05) is 19.1 Å². The Morgan fingerprint density at radius 2 is 2.17 bits per heavy atom. The molecular formula is C17H19BrN2O3. The number of amides is 3. The highest BCUT2D eigenvalue weighted by atomic mass is 79.9. The number of carbonyl (C=O) groups excluding carboxylic acids is 2. The Balaban J connectivity index is 2.20. The fourth-order valence-electron chi connectivity index (χ4n) is 2.04. The Bertz CT molecular complexity index is 670. The van der Waals surface area contributed by atoms with Gasteiger partial charge in [-0.05, 0) is 53.0 Å². The number of urea groups is 1. The van der Waals surface area contributed by atoms with Crippen LogP contribution < -0.4 is 10.1 Å². The van der Waals surface area contributed by atoms with Crippen LogP contribution in [0.25, 0.3) is 6.08 Å². The van der Waals surface area contributed by atoms with Crippen molar-refractivity contribution in [2.75, 3.05) is 6.54 Å². The van der Waals surface area contributed by atoms with Crippen molar-refractivity contribution in [2.24, 2.45) is 0 Å². The van der Waals surface area contributed by atoms with E-state index in [0.29, 0.717) is 0 Å². The Kier molecular flexibility index (Phi) is 5.60. The maximum atomic E-state index is 12.1. The van der Waals surface area contributed by atoms with Gasteiger partial charge in [0.15, 0.2) is 0 Å². The SMILES string of the molecule is C=CCN1C(=O)NC(=Cc2ccc(OC(C)CC)c(Br)c2)C1=O. The summed E-state index contributed by atoms with van der Waals surface area (Å²) < 4.78 is 6.58. The van der Waals surface area contributed by atoms with Crippen LogP contribution in [-0.2, 0) is 4.79 Å². The highest BCUT2D eigenvalue weighted by molar-refractivity contribution is 9.10. The van der Waals surface area contributed by atoms with Crippen LogP contribution in [0.15, 0.2) is 41.0 Å².